The monoisotopic (exact) mass is 356 g/mol. The number of benzene rings is 2. The molecule has 26 heavy (non-hydrogen) atoms. The third-order valence-corrected chi connectivity index (χ3v) is 4.57. The molecule has 4 heteroatoms. The Balaban J connectivity index is 1.93. The van der Waals surface area contributed by atoms with Crippen LogP contribution >= 0.6 is 0 Å². The molecule has 0 saturated heterocycles. The molecule has 1 aliphatic heterocycles. The summed E-state index contributed by atoms with van der Waals surface area (Å²) in [6, 6.07) is 13.1. The van der Waals surface area contributed by atoms with E-state index in [9.17, 15) is 0 Å². The Hall–Kier alpha value is -2.20. The molecule has 0 radical (unpaired) electrons. The van der Waals surface area contributed by atoms with Crippen molar-refractivity contribution in [2.75, 3.05) is 19.8 Å². The lowest BCUT2D eigenvalue weighted by molar-refractivity contribution is -0.690. The molecule has 1 atom stereocenters. The molecule has 140 valence electrons. The number of hydrogen-bond donors (Lipinski definition) is 1. The molecule has 1 heterocycles. The summed E-state index contributed by atoms with van der Waals surface area (Å²) in [4.78, 5) is 0. The highest BCUT2D eigenvalue weighted by Crippen LogP contribution is 2.36. The molecule has 2 aromatic carbocycles. The fraction of sp³-hybridized carbons (Fsp3) is 0.455. The van der Waals surface area contributed by atoms with E-state index in [1.165, 1.54) is 16.7 Å². The van der Waals surface area contributed by atoms with Crippen molar-refractivity contribution in [3.63, 3.8) is 0 Å². The first-order valence-corrected chi connectivity index (χ1v) is 9.64. The fourth-order valence-electron chi connectivity index (χ4n) is 3.53. The summed E-state index contributed by atoms with van der Waals surface area (Å²) in [5.74, 6) is 2.61. The predicted molar refractivity (Wildman–Crippen MR) is 103 cm³/mol. The van der Waals surface area contributed by atoms with Crippen LogP contribution in [0.15, 0.2) is 36.4 Å². The van der Waals surface area contributed by atoms with Crippen LogP contribution in [0.2, 0.25) is 0 Å². The SMILES string of the molecule is CCOc1cc2c(cc1OCC)C(c1ccc(OC(C)C)cc1)[NH2+]CC2. The Morgan fingerprint density at radius 2 is 1.65 bits per heavy atom. The summed E-state index contributed by atoms with van der Waals surface area (Å²) < 4.78 is 17.4. The largest absolute Gasteiger partial charge is 0.491 e. The number of fused-ring (bicyclic) bond motifs is 1. The van der Waals surface area contributed by atoms with Crippen molar-refractivity contribution in [2.45, 2.75) is 46.3 Å². The minimum Gasteiger partial charge on any atom is -0.491 e. The predicted octanol–water partition coefficient (Wildman–Crippen LogP) is 3.48. The first-order valence-electron chi connectivity index (χ1n) is 9.64. The van der Waals surface area contributed by atoms with E-state index >= 15 is 0 Å². The lowest BCUT2D eigenvalue weighted by Gasteiger charge is -2.26. The standard InChI is InChI=1S/C22H29NO3/c1-5-24-20-13-17-11-12-23-22(19(17)14-21(20)25-6-2)16-7-9-18(10-8-16)26-15(3)4/h7-10,13-15,22-23H,5-6,11-12H2,1-4H3/p+1. The molecule has 1 unspecified atom stereocenters. The Morgan fingerprint density at radius 1 is 1.00 bits per heavy atom. The zero-order valence-corrected chi connectivity index (χ0v) is 16.2. The van der Waals surface area contributed by atoms with Gasteiger partial charge in [0.25, 0.3) is 0 Å². The number of nitrogens with two attached hydrogens (primary N) is 1. The molecule has 2 N–H and O–H groups in total. The van der Waals surface area contributed by atoms with Gasteiger partial charge in [-0.15, -0.1) is 0 Å². The average molecular weight is 356 g/mol. The normalized spacial score (nSPS) is 16.3. The van der Waals surface area contributed by atoms with Crippen LogP contribution in [0.3, 0.4) is 0 Å². The maximum Gasteiger partial charge on any atom is 0.161 e. The summed E-state index contributed by atoms with van der Waals surface area (Å²) in [7, 11) is 0. The number of quaternary nitrogens is 1. The van der Waals surface area contributed by atoms with Crippen molar-refractivity contribution in [3.8, 4) is 17.2 Å². The minimum atomic E-state index is 0.188. The Morgan fingerprint density at radius 3 is 2.27 bits per heavy atom. The van der Waals surface area contributed by atoms with E-state index in [2.05, 4.69) is 41.7 Å². The second-order valence-electron chi connectivity index (χ2n) is 6.85. The highest BCUT2D eigenvalue weighted by atomic mass is 16.5. The maximum atomic E-state index is 5.84. The van der Waals surface area contributed by atoms with Crippen molar-refractivity contribution < 1.29 is 19.5 Å². The van der Waals surface area contributed by atoms with Gasteiger partial charge >= 0.3 is 0 Å². The van der Waals surface area contributed by atoms with Crippen molar-refractivity contribution in [1.82, 2.24) is 0 Å². The van der Waals surface area contributed by atoms with E-state index < -0.39 is 0 Å². The molecular formula is C22H30NO3+. The Bertz CT molecular complexity index is 725. The van der Waals surface area contributed by atoms with Crippen LogP contribution in [-0.4, -0.2) is 25.9 Å². The van der Waals surface area contributed by atoms with Gasteiger partial charge in [0, 0.05) is 17.5 Å². The van der Waals surface area contributed by atoms with Gasteiger partial charge in [0.2, 0.25) is 0 Å². The van der Waals surface area contributed by atoms with E-state index in [0.29, 0.717) is 13.2 Å². The van der Waals surface area contributed by atoms with Gasteiger partial charge < -0.3 is 19.5 Å². The summed E-state index contributed by atoms with van der Waals surface area (Å²) >= 11 is 0. The third-order valence-electron chi connectivity index (χ3n) is 4.57. The molecule has 0 bridgehead atoms. The van der Waals surface area contributed by atoms with Crippen LogP contribution < -0.4 is 19.5 Å². The Labute approximate surface area is 156 Å². The fourth-order valence-corrected chi connectivity index (χ4v) is 3.53. The summed E-state index contributed by atoms with van der Waals surface area (Å²) in [6.45, 7) is 10.5. The van der Waals surface area contributed by atoms with E-state index in [-0.39, 0.29) is 12.1 Å². The van der Waals surface area contributed by atoms with Crippen LogP contribution in [-0.2, 0) is 6.42 Å². The first-order chi connectivity index (χ1) is 12.6. The molecule has 0 aliphatic carbocycles. The molecule has 1 aliphatic rings. The molecular weight excluding hydrogens is 326 g/mol. The van der Waals surface area contributed by atoms with Gasteiger partial charge in [0.1, 0.15) is 11.8 Å². The molecule has 0 amide bonds. The molecule has 3 rings (SSSR count). The molecule has 0 spiro atoms. The number of hydrogen-bond acceptors (Lipinski definition) is 3. The highest BCUT2D eigenvalue weighted by Gasteiger charge is 2.27. The summed E-state index contributed by atoms with van der Waals surface area (Å²) in [6.07, 6.45) is 1.24. The summed E-state index contributed by atoms with van der Waals surface area (Å²) in [5, 5.41) is 2.40. The van der Waals surface area contributed by atoms with Crippen LogP contribution in [0.25, 0.3) is 0 Å². The average Bonchev–Trinajstić information content (AvgIpc) is 2.62. The van der Waals surface area contributed by atoms with Crippen LogP contribution in [0, 0.1) is 0 Å². The van der Waals surface area contributed by atoms with Crippen molar-refractivity contribution in [3.05, 3.63) is 53.1 Å². The van der Waals surface area contributed by atoms with Gasteiger partial charge in [0.05, 0.1) is 25.9 Å². The zero-order valence-electron chi connectivity index (χ0n) is 16.2. The van der Waals surface area contributed by atoms with Crippen LogP contribution in [0.5, 0.6) is 17.2 Å². The van der Waals surface area contributed by atoms with Crippen molar-refractivity contribution in [2.24, 2.45) is 0 Å². The first kappa shape index (κ1) is 18.6. The van der Waals surface area contributed by atoms with E-state index in [1.807, 2.05) is 27.7 Å². The molecule has 0 aromatic heterocycles. The quantitative estimate of drug-likeness (QED) is 0.826. The van der Waals surface area contributed by atoms with E-state index in [1.54, 1.807) is 0 Å². The van der Waals surface area contributed by atoms with Gasteiger partial charge in [-0.25, -0.2) is 0 Å². The van der Waals surface area contributed by atoms with Gasteiger partial charge in [-0.3, -0.25) is 0 Å². The second kappa shape index (κ2) is 8.45. The number of rotatable bonds is 7. The topological polar surface area (TPSA) is 44.3 Å². The van der Waals surface area contributed by atoms with Gasteiger partial charge in [-0.2, -0.15) is 0 Å². The minimum absolute atomic E-state index is 0.188. The molecule has 0 saturated carbocycles. The lowest BCUT2D eigenvalue weighted by Crippen LogP contribution is -2.87. The summed E-state index contributed by atoms with van der Waals surface area (Å²) in [5.41, 5.74) is 3.96. The molecule has 0 fully saturated rings. The lowest BCUT2D eigenvalue weighted by atomic mass is 9.89. The van der Waals surface area contributed by atoms with E-state index in [4.69, 9.17) is 14.2 Å². The second-order valence-corrected chi connectivity index (χ2v) is 6.85. The van der Waals surface area contributed by atoms with Gasteiger partial charge in [-0.1, -0.05) is 0 Å². The van der Waals surface area contributed by atoms with Crippen molar-refractivity contribution in [1.29, 1.82) is 0 Å². The zero-order chi connectivity index (χ0) is 18.5. The van der Waals surface area contributed by atoms with Gasteiger partial charge in [-0.05, 0) is 69.7 Å². The van der Waals surface area contributed by atoms with Gasteiger partial charge in [0.15, 0.2) is 11.5 Å². The molecule has 2 aromatic rings. The molecule has 4 nitrogen and oxygen atoms in total. The highest BCUT2D eigenvalue weighted by molar-refractivity contribution is 5.50. The maximum absolute atomic E-state index is 5.84. The number of ether oxygens (including phenoxy) is 3. The van der Waals surface area contributed by atoms with E-state index in [0.717, 1.165) is 30.2 Å². The Kier molecular flexibility index (Phi) is 6.04. The third kappa shape index (κ3) is 4.13. The van der Waals surface area contributed by atoms with Crippen molar-refractivity contribution >= 4 is 0 Å². The van der Waals surface area contributed by atoms with Crippen LogP contribution in [0.1, 0.15) is 50.4 Å². The smallest absolute Gasteiger partial charge is 0.161 e. The van der Waals surface area contributed by atoms with Crippen LogP contribution in [0.4, 0.5) is 0 Å².